The second-order valence-corrected chi connectivity index (χ2v) is 7.35. The van der Waals surface area contributed by atoms with Crippen molar-refractivity contribution in [2.24, 2.45) is 0 Å². The van der Waals surface area contributed by atoms with Gasteiger partial charge in [-0.15, -0.1) is 0 Å². The molecular weight excluding hydrogens is 376 g/mol. The van der Waals surface area contributed by atoms with Crippen LogP contribution in [0, 0.1) is 18.6 Å². The molecule has 0 aliphatic carbocycles. The molecule has 2 heterocycles. The zero-order valence-electron chi connectivity index (χ0n) is 15.9. The molecule has 150 valence electrons. The molecule has 2 aromatic carbocycles. The molecule has 7 heteroatoms. The summed E-state index contributed by atoms with van der Waals surface area (Å²) >= 11 is 0. The van der Waals surface area contributed by atoms with E-state index in [-0.39, 0.29) is 29.9 Å². The minimum atomic E-state index is -0.498. The van der Waals surface area contributed by atoms with E-state index in [4.69, 9.17) is 0 Å². The molecule has 1 saturated heterocycles. The monoisotopic (exact) mass is 397 g/mol. The zero-order chi connectivity index (χ0) is 20.5. The molecule has 0 saturated carbocycles. The Balaban J connectivity index is 1.65. The van der Waals surface area contributed by atoms with E-state index >= 15 is 0 Å². The van der Waals surface area contributed by atoms with E-state index in [0.717, 1.165) is 11.1 Å². The van der Waals surface area contributed by atoms with E-state index in [1.807, 2.05) is 13.0 Å². The Morgan fingerprint density at radius 1 is 1.21 bits per heavy atom. The lowest BCUT2D eigenvalue weighted by Crippen LogP contribution is -2.40. The molecule has 0 radical (unpaired) electrons. The van der Waals surface area contributed by atoms with E-state index in [1.54, 1.807) is 12.1 Å². The highest BCUT2D eigenvalue weighted by Crippen LogP contribution is 2.33. The van der Waals surface area contributed by atoms with Gasteiger partial charge in [-0.05, 0) is 72.9 Å². The highest BCUT2D eigenvalue weighted by molar-refractivity contribution is 5.93. The normalized spacial score (nSPS) is 16.2. The molecule has 4 rings (SSSR count). The van der Waals surface area contributed by atoms with Crippen LogP contribution in [0.1, 0.15) is 24.0 Å². The number of halogens is 2. The Labute approximate surface area is 166 Å². The maximum atomic E-state index is 14.5. The van der Waals surface area contributed by atoms with Crippen LogP contribution in [0.25, 0.3) is 22.2 Å². The van der Waals surface area contributed by atoms with Gasteiger partial charge in [-0.25, -0.2) is 8.78 Å². The summed E-state index contributed by atoms with van der Waals surface area (Å²) in [6.45, 7) is 2.36. The van der Waals surface area contributed by atoms with Gasteiger partial charge in [0.2, 0.25) is 11.8 Å². The number of H-pyrrole nitrogens is 1. The first kappa shape index (κ1) is 19.1. The smallest absolute Gasteiger partial charge is 0.242 e. The molecule has 5 nitrogen and oxygen atoms in total. The summed E-state index contributed by atoms with van der Waals surface area (Å²) in [5.74, 6) is -1.14. The summed E-state index contributed by atoms with van der Waals surface area (Å²) in [6, 6.07) is 8.76. The summed E-state index contributed by atoms with van der Waals surface area (Å²) in [7, 11) is 0. The van der Waals surface area contributed by atoms with Crippen molar-refractivity contribution in [1.82, 2.24) is 15.6 Å². The Morgan fingerprint density at radius 2 is 1.97 bits per heavy atom. The van der Waals surface area contributed by atoms with Crippen molar-refractivity contribution in [2.75, 3.05) is 6.54 Å². The molecule has 3 N–H and O–H groups in total. The van der Waals surface area contributed by atoms with E-state index < -0.39 is 6.04 Å². The minimum absolute atomic E-state index is 0.153. The average molecular weight is 397 g/mol. The van der Waals surface area contributed by atoms with Crippen LogP contribution in [0.5, 0.6) is 0 Å². The number of aryl methyl sites for hydroxylation is 2. The van der Waals surface area contributed by atoms with Crippen LogP contribution in [0.2, 0.25) is 0 Å². The van der Waals surface area contributed by atoms with Crippen LogP contribution >= 0.6 is 0 Å². The quantitative estimate of drug-likeness (QED) is 0.618. The number of carbonyl (C=O) groups excluding carboxylic acids is 2. The lowest BCUT2D eigenvalue weighted by Gasteiger charge is -2.10. The molecular formula is C22H21F2N3O2. The topological polar surface area (TPSA) is 74.0 Å². The van der Waals surface area contributed by atoms with Crippen molar-refractivity contribution < 1.29 is 18.4 Å². The molecule has 29 heavy (non-hydrogen) atoms. The number of nitrogens with one attached hydrogen (secondary N) is 3. The number of amides is 2. The van der Waals surface area contributed by atoms with Crippen LogP contribution in [-0.4, -0.2) is 29.4 Å². The lowest BCUT2D eigenvalue weighted by atomic mass is 10.00. The fourth-order valence-corrected chi connectivity index (χ4v) is 3.80. The summed E-state index contributed by atoms with van der Waals surface area (Å²) < 4.78 is 27.9. The molecule has 1 atom stereocenters. The van der Waals surface area contributed by atoms with Gasteiger partial charge in [-0.2, -0.15) is 0 Å². The van der Waals surface area contributed by atoms with Gasteiger partial charge in [0, 0.05) is 24.0 Å². The van der Waals surface area contributed by atoms with Gasteiger partial charge < -0.3 is 15.6 Å². The summed E-state index contributed by atoms with van der Waals surface area (Å²) in [5.41, 5.74) is 3.30. The number of rotatable bonds is 5. The largest absolute Gasteiger partial charge is 0.354 e. The fourth-order valence-electron chi connectivity index (χ4n) is 3.80. The molecule has 2 amide bonds. The number of aromatic nitrogens is 1. The van der Waals surface area contributed by atoms with Gasteiger partial charge in [0.25, 0.3) is 0 Å². The molecule has 0 spiro atoms. The number of hydrogen-bond donors (Lipinski definition) is 3. The average Bonchev–Trinajstić information content (AvgIpc) is 3.24. The first-order valence-electron chi connectivity index (χ1n) is 9.56. The maximum absolute atomic E-state index is 14.5. The molecule has 1 fully saturated rings. The van der Waals surface area contributed by atoms with Crippen LogP contribution in [0.4, 0.5) is 8.78 Å². The third-order valence-corrected chi connectivity index (χ3v) is 5.23. The first-order valence-corrected chi connectivity index (χ1v) is 9.56. The van der Waals surface area contributed by atoms with Gasteiger partial charge in [-0.3, -0.25) is 9.59 Å². The summed E-state index contributed by atoms with van der Waals surface area (Å²) in [4.78, 5) is 27.1. The van der Waals surface area contributed by atoms with E-state index in [2.05, 4.69) is 15.6 Å². The van der Waals surface area contributed by atoms with Gasteiger partial charge in [-0.1, -0.05) is 0 Å². The highest BCUT2D eigenvalue weighted by atomic mass is 19.1. The predicted molar refractivity (Wildman–Crippen MR) is 106 cm³/mol. The molecule has 1 aromatic heterocycles. The standard InChI is InChI=1S/C22H21F2N3O2/c1-12-10-16-15(6-7-19(28)26-18-8-9-25-22(18)29)20(27-21(16)17(24)11-12)13-2-4-14(23)5-3-13/h2-5,10-11,18,27H,6-9H2,1H3,(H,25,29)(H,26,28)/t18-/m0/s1. The molecule has 0 unspecified atom stereocenters. The van der Waals surface area contributed by atoms with Crippen molar-refractivity contribution >= 4 is 22.7 Å². The van der Waals surface area contributed by atoms with Crippen molar-refractivity contribution in [1.29, 1.82) is 0 Å². The highest BCUT2D eigenvalue weighted by Gasteiger charge is 2.25. The number of hydrogen-bond acceptors (Lipinski definition) is 2. The van der Waals surface area contributed by atoms with Crippen molar-refractivity contribution in [3.63, 3.8) is 0 Å². The minimum Gasteiger partial charge on any atom is -0.354 e. The number of fused-ring (bicyclic) bond motifs is 1. The van der Waals surface area contributed by atoms with Crippen LogP contribution in [0.3, 0.4) is 0 Å². The SMILES string of the molecule is Cc1cc(F)c2[nH]c(-c3ccc(F)cc3)c(CCC(=O)N[C@H]3CCNC3=O)c2c1. The lowest BCUT2D eigenvalue weighted by molar-refractivity contribution is -0.127. The Kier molecular flexibility index (Phi) is 5.05. The van der Waals surface area contributed by atoms with E-state index in [1.165, 1.54) is 18.2 Å². The van der Waals surface area contributed by atoms with Gasteiger partial charge >= 0.3 is 0 Å². The zero-order valence-corrected chi connectivity index (χ0v) is 15.9. The van der Waals surface area contributed by atoms with Gasteiger partial charge in [0.05, 0.1) is 5.52 Å². The second kappa shape index (κ2) is 7.66. The fraction of sp³-hybridized carbons (Fsp3) is 0.273. The third kappa shape index (κ3) is 3.85. The second-order valence-electron chi connectivity index (χ2n) is 7.35. The van der Waals surface area contributed by atoms with Gasteiger partial charge in [0.15, 0.2) is 0 Å². The Bertz CT molecular complexity index is 1090. The van der Waals surface area contributed by atoms with Crippen molar-refractivity contribution in [2.45, 2.75) is 32.2 Å². The Hall–Kier alpha value is -3.22. The third-order valence-electron chi connectivity index (χ3n) is 5.23. The van der Waals surface area contributed by atoms with Gasteiger partial charge in [0.1, 0.15) is 17.7 Å². The van der Waals surface area contributed by atoms with E-state index in [9.17, 15) is 18.4 Å². The van der Waals surface area contributed by atoms with E-state index in [0.29, 0.717) is 41.5 Å². The molecule has 1 aliphatic heterocycles. The number of benzene rings is 2. The number of aromatic amines is 1. The van der Waals surface area contributed by atoms with Crippen molar-refractivity contribution in [3.8, 4) is 11.3 Å². The number of carbonyl (C=O) groups is 2. The molecule has 1 aliphatic rings. The van der Waals surface area contributed by atoms with Crippen LogP contribution < -0.4 is 10.6 Å². The van der Waals surface area contributed by atoms with Crippen LogP contribution in [-0.2, 0) is 16.0 Å². The summed E-state index contributed by atoms with van der Waals surface area (Å²) in [6.07, 6.45) is 1.08. The maximum Gasteiger partial charge on any atom is 0.242 e. The molecule has 3 aromatic rings. The summed E-state index contributed by atoms with van der Waals surface area (Å²) in [5, 5.41) is 6.13. The predicted octanol–water partition coefficient (Wildman–Crippen LogP) is 3.36. The molecule has 0 bridgehead atoms. The first-order chi connectivity index (χ1) is 13.9. The Morgan fingerprint density at radius 3 is 2.66 bits per heavy atom. The van der Waals surface area contributed by atoms with Crippen molar-refractivity contribution in [3.05, 3.63) is 59.2 Å². The van der Waals surface area contributed by atoms with Crippen LogP contribution in [0.15, 0.2) is 36.4 Å².